The van der Waals surface area contributed by atoms with Gasteiger partial charge in [0.25, 0.3) is 5.91 Å². The summed E-state index contributed by atoms with van der Waals surface area (Å²) in [6, 6.07) is 6.00. The summed E-state index contributed by atoms with van der Waals surface area (Å²) in [5, 5.41) is 5.92. The summed E-state index contributed by atoms with van der Waals surface area (Å²) in [7, 11) is 1.88. The van der Waals surface area contributed by atoms with Gasteiger partial charge in [-0.05, 0) is 43.0 Å². The van der Waals surface area contributed by atoms with Crippen LogP contribution in [0.1, 0.15) is 43.1 Å². The summed E-state index contributed by atoms with van der Waals surface area (Å²) in [6.07, 6.45) is 4.56. The lowest BCUT2D eigenvalue weighted by molar-refractivity contribution is 0.0669. The maximum absolute atomic E-state index is 12.5. The first-order valence-corrected chi connectivity index (χ1v) is 8.31. The second kappa shape index (κ2) is 6.02. The highest BCUT2D eigenvalue weighted by Gasteiger charge is 2.27. The van der Waals surface area contributed by atoms with Crippen molar-refractivity contribution in [1.29, 1.82) is 0 Å². The first kappa shape index (κ1) is 14.3. The van der Waals surface area contributed by atoms with Crippen LogP contribution in [-0.4, -0.2) is 29.1 Å². The molecular weight excluding hydrogens is 284 g/mol. The fraction of sp³-hybridized carbons (Fsp3) is 0.500. The smallest absolute Gasteiger partial charge is 0.276 e. The first-order valence-electron chi connectivity index (χ1n) is 7.43. The average Bonchev–Trinajstić information content (AvgIpc) is 3.17. The molecule has 0 N–H and O–H groups in total. The van der Waals surface area contributed by atoms with Gasteiger partial charge in [0.05, 0.1) is 4.88 Å². The molecule has 1 saturated carbocycles. The van der Waals surface area contributed by atoms with Crippen molar-refractivity contribution in [3.63, 3.8) is 0 Å². The highest BCUT2D eigenvalue weighted by atomic mass is 32.1. The Balaban J connectivity index is 1.70. The van der Waals surface area contributed by atoms with E-state index < -0.39 is 0 Å². The fourth-order valence-corrected chi connectivity index (χ4v) is 3.56. The van der Waals surface area contributed by atoms with Crippen molar-refractivity contribution in [1.82, 2.24) is 10.1 Å². The van der Waals surface area contributed by atoms with Crippen molar-refractivity contribution in [2.24, 2.45) is 5.92 Å². The van der Waals surface area contributed by atoms with Crippen molar-refractivity contribution in [3.05, 3.63) is 29.3 Å². The lowest BCUT2D eigenvalue weighted by atomic mass is 9.86. The quantitative estimate of drug-likeness (QED) is 0.859. The van der Waals surface area contributed by atoms with Gasteiger partial charge in [0.2, 0.25) is 0 Å². The van der Waals surface area contributed by atoms with Gasteiger partial charge < -0.3 is 9.42 Å². The molecule has 4 nitrogen and oxygen atoms in total. The van der Waals surface area contributed by atoms with Gasteiger partial charge >= 0.3 is 0 Å². The molecule has 2 aromatic rings. The Bertz CT molecular complexity index is 598. The zero-order chi connectivity index (χ0) is 14.8. The fourth-order valence-electron chi connectivity index (χ4n) is 2.89. The molecule has 0 aromatic carbocycles. The Morgan fingerprint density at radius 1 is 1.38 bits per heavy atom. The number of amides is 1. The van der Waals surface area contributed by atoms with E-state index >= 15 is 0 Å². The van der Waals surface area contributed by atoms with E-state index in [2.05, 4.69) is 12.1 Å². The summed E-state index contributed by atoms with van der Waals surface area (Å²) in [5.74, 6) is 1.40. The first-order chi connectivity index (χ1) is 10.1. The second-order valence-electron chi connectivity index (χ2n) is 5.88. The van der Waals surface area contributed by atoms with E-state index in [-0.39, 0.29) is 5.91 Å². The summed E-state index contributed by atoms with van der Waals surface area (Å²) in [6.45, 7) is 2.28. The number of carbonyl (C=O) groups is 1. The number of aromatic nitrogens is 1. The van der Waals surface area contributed by atoms with E-state index in [9.17, 15) is 4.79 Å². The maximum atomic E-state index is 12.5. The SMILES string of the molecule is CC1CCC(N(C)C(=O)c2cc(-c3cccs3)on2)CC1. The second-order valence-corrected chi connectivity index (χ2v) is 6.83. The van der Waals surface area contributed by atoms with Gasteiger partial charge in [-0.1, -0.05) is 18.1 Å². The zero-order valence-electron chi connectivity index (χ0n) is 12.4. The minimum atomic E-state index is -0.0406. The van der Waals surface area contributed by atoms with Crippen molar-refractivity contribution in [2.75, 3.05) is 7.05 Å². The van der Waals surface area contributed by atoms with Crippen LogP contribution >= 0.6 is 11.3 Å². The Morgan fingerprint density at radius 2 is 2.14 bits per heavy atom. The molecule has 3 rings (SSSR count). The molecule has 0 aliphatic heterocycles. The molecule has 0 saturated heterocycles. The van der Waals surface area contributed by atoms with E-state index in [1.54, 1.807) is 17.4 Å². The average molecular weight is 304 g/mol. The number of hydrogen-bond donors (Lipinski definition) is 0. The van der Waals surface area contributed by atoms with E-state index in [1.807, 2.05) is 29.5 Å². The Kier molecular flexibility index (Phi) is 4.10. The van der Waals surface area contributed by atoms with Crippen molar-refractivity contribution in [2.45, 2.75) is 38.6 Å². The third-order valence-corrected chi connectivity index (χ3v) is 5.23. The molecule has 1 amide bonds. The molecule has 21 heavy (non-hydrogen) atoms. The summed E-state index contributed by atoms with van der Waals surface area (Å²) >= 11 is 1.58. The largest absolute Gasteiger partial charge is 0.355 e. The van der Waals surface area contributed by atoms with Crippen LogP contribution in [0.5, 0.6) is 0 Å². The third-order valence-electron chi connectivity index (χ3n) is 4.35. The lowest BCUT2D eigenvalue weighted by Gasteiger charge is -2.33. The van der Waals surface area contributed by atoms with Gasteiger partial charge in [0.15, 0.2) is 11.5 Å². The van der Waals surface area contributed by atoms with Crippen LogP contribution in [0.2, 0.25) is 0 Å². The van der Waals surface area contributed by atoms with Crippen LogP contribution in [0.25, 0.3) is 10.6 Å². The molecule has 0 unspecified atom stereocenters. The summed E-state index contributed by atoms with van der Waals surface area (Å²) in [5.41, 5.74) is 0.402. The van der Waals surface area contributed by atoms with E-state index in [0.717, 1.165) is 23.6 Å². The molecule has 5 heteroatoms. The molecule has 0 bridgehead atoms. The highest BCUT2D eigenvalue weighted by molar-refractivity contribution is 7.13. The minimum absolute atomic E-state index is 0.0406. The highest BCUT2D eigenvalue weighted by Crippen LogP contribution is 2.28. The number of hydrogen-bond acceptors (Lipinski definition) is 4. The van der Waals surface area contributed by atoms with Crippen LogP contribution in [-0.2, 0) is 0 Å². The molecule has 0 radical (unpaired) electrons. The summed E-state index contributed by atoms with van der Waals surface area (Å²) < 4.78 is 5.30. The Hall–Kier alpha value is -1.62. The van der Waals surface area contributed by atoms with Gasteiger partial charge in [0.1, 0.15) is 0 Å². The minimum Gasteiger partial charge on any atom is -0.355 e. The van der Waals surface area contributed by atoms with E-state index in [0.29, 0.717) is 17.5 Å². The lowest BCUT2D eigenvalue weighted by Crippen LogP contribution is -2.39. The van der Waals surface area contributed by atoms with Crippen LogP contribution < -0.4 is 0 Å². The maximum Gasteiger partial charge on any atom is 0.276 e. The molecule has 1 aliphatic rings. The monoisotopic (exact) mass is 304 g/mol. The van der Waals surface area contributed by atoms with Crippen molar-refractivity contribution >= 4 is 17.2 Å². The number of rotatable bonds is 3. The van der Waals surface area contributed by atoms with Gasteiger partial charge in [-0.2, -0.15) is 0 Å². The normalized spacial score (nSPS) is 22.2. The molecule has 2 aromatic heterocycles. The molecule has 0 spiro atoms. The molecule has 0 atom stereocenters. The number of nitrogens with zero attached hydrogens (tertiary/aromatic N) is 2. The predicted molar refractivity (Wildman–Crippen MR) is 83.3 cm³/mol. The molecule has 1 fully saturated rings. The number of carbonyl (C=O) groups excluding carboxylic acids is 1. The molecular formula is C16H20N2O2S. The van der Waals surface area contributed by atoms with Crippen LogP contribution in [0.4, 0.5) is 0 Å². The van der Waals surface area contributed by atoms with Gasteiger partial charge in [-0.3, -0.25) is 4.79 Å². The van der Waals surface area contributed by atoms with Crippen molar-refractivity contribution < 1.29 is 9.32 Å². The van der Waals surface area contributed by atoms with Crippen LogP contribution in [0.3, 0.4) is 0 Å². The van der Waals surface area contributed by atoms with Gasteiger partial charge in [0, 0.05) is 19.2 Å². The van der Waals surface area contributed by atoms with E-state index in [1.165, 1.54) is 12.8 Å². The van der Waals surface area contributed by atoms with Crippen molar-refractivity contribution in [3.8, 4) is 10.6 Å². The van der Waals surface area contributed by atoms with Crippen LogP contribution in [0.15, 0.2) is 28.1 Å². The third kappa shape index (κ3) is 3.02. The molecule has 1 aliphatic carbocycles. The molecule has 2 heterocycles. The van der Waals surface area contributed by atoms with Gasteiger partial charge in [-0.25, -0.2) is 0 Å². The zero-order valence-corrected chi connectivity index (χ0v) is 13.2. The molecule has 112 valence electrons. The standard InChI is InChI=1S/C16H20N2O2S/c1-11-5-7-12(8-6-11)18(2)16(19)13-10-14(20-17-13)15-4-3-9-21-15/h3-4,9-12H,5-8H2,1-2H3. The van der Waals surface area contributed by atoms with Gasteiger partial charge in [-0.15, -0.1) is 11.3 Å². The number of thiophene rings is 1. The predicted octanol–water partition coefficient (Wildman–Crippen LogP) is 4.05. The Morgan fingerprint density at radius 3 is 2.81 bits per heavy atom. The topological polar surface area (TPSA) is 46.3 Å². The van der Waals surface area contributed by atoms with E-state index in [4.69, 9.17) is 4.52 Å². The van der Waals surface area contributed by atoms with Crippen LogP contribution in [0, 0.1) is 5.92 Å². The Labute approximate surface area is 128 Å². The summed E-state index contributed by atoms with van der Waals surface area (Å²) in [4.78, 5) is 15.3.